The minimum Gasteiger partial charge on any atom is -0.103 e. The van der Waals surface area contributed by atoms with Gasteiger partial charge in [-0.15, -0.1) is 6.58 Å². The summed E-state index contributed by atoms with van der Waals surface area (Å²) in [6.45, 7) is 9.43. The molecule has 0 amide bonds. The summed E-state index contributed by atoms with van der Waals surface area (Å²) in [6, 6.07) is 0. The lowest BCUT2D eigenvalue weighted by molar-refractivity contribution is 1.41. The first-order valence-electron chi connectivity index (χ1n) is 4.07. The van der Waals surface area contributed by atoms with Crippen molar-refractivity contribution in [3.8, 4) is 0 Å². The Morgan fingerprint density at radius 2 is 2.00 bits per heavy atom. The van der Waals surface area contributed by atoms with Gasteiger partial charge < -0.3 is 0 Å². The summed E-state index contributed by atoms with van der Waals surface area (Å²) in [5, 5.41) is 0. The lowest BCUT2D eigenvalue weighted by atomic mass is 10.2. The largest absolute Gasteiger partial charge is 0.103 e. The van der Waals surface area contributed by atoms with Gasteiger partial charge in [-0.25, -0.2) is 0 Å². The summed E-state index contributed by atoms with van der Waals surface area (Å²) in [5.74, 6) is 0. The van der Waals surface area contributed by atoms with Gasteiger partial charge >= 0.3 is 0 Å². The Hall–Kier alpha value is -1.30. The van der Waals surface area contributed by atoms with Crippen LogP contribution >= 0.6 is 0 Å². The molecule has 0 aliphatic rings. The van der Waals surface area contributed by atoms with Crippen LogP contribution < -0.4 is 0 Å². The van der Waals surface area contributed by atoms with E-state index in [1.54, 1.807) is 0 Å². The lowest BCUT2D eigenvalue weighted by Crippen LogP contribution is -1.63. The fraction of sp³-hybridized carbons (Fsp3) is 0.167. The van der Waals surface area contributed by atoms with E-state index in [0.717, 1.165) is 12.0 Å². The molecule has 0 nitrogen and oxygen atoms in total. The Morgan fingerprint density at radius 1 is 1.25 bits per heavy atom. The first-order valence-corrected chi connectivity index (χ1v) is 4.07. The molecule has 0 heteroatoms. The number of allylic oxidation sites excluding steroid dienone is 8. The molecular formula is C12H16. The SMILES string of the molecule is C=CC/C=C\C=C/C(=C)/C=C/C. The number of hydrogen-bond acceptors (Lipinski definition) is 0. The molecule has 0 aliphatic carbocycles. The van der Waals surface area contributed by atoms with Crippen LogP contribution in [0.3, 0.4) is 0 Å². The molecular weight excluding hydrogens is 144 g/mol. The maximum Gasteiger partial charge on any atom is -0.0169 e. The molecule has 0 aromatic carbocycles. The summed E-state index contributed by atoms with van der Waals surface area (Å²) in [7, 11) is 0. The molecule has 0 atom stereocenters. The smallest absolute Gasteiger partial charge is 0.0169 e. The first kappa shape index (κ1) is 10.7. The standard InChI is InChI=1S/C12H16/c1-4-6-7-8-9-11-12(3)10-5-2/h4-5,7-11H,1,3,6H2,2H3/b8-7-,10-5+,11-9-. The van der Waals surface area contributed by atoms with Gasteiger partial charge in [-0.2, -0.15) is 0 Å². The second-order valence-electron chi connectivity index (χ2n) is 2.39. The molecule has 64 valence electrons. The maximum absolute atomic E-state index is 3.83. The second kappa shape index (κ2) is 7.80. The van der Waals surface area contributed by atoms with Gasteiger partial charge in [-0.1, -0.05) is 49.1 Å². The molecule has 0 saturated heterocycles. The molecule has 0 bridgehead atoms. The van der Waals surface area contributed by atoms with Crippen molar-refractivity contribution in [3.05, 3.63) is 61.3 Å². The molecule has 0 fully saturated rings. The third-order valence-corrected chi connectivity index (χ3v) is 1.24. The highest BCUT2D eigenvalue weighted by molar-refractivity contribution is 5.29. The summed E-state index contributed by atoms with van der Waals surface area (Å²) in [6.07, 6.45) is 14.7. The number of rotatable bonds is 5. The quantitative estimate of drug-likeness (QED) is 0.424. The van der Waals surface area contributed by atoms with Crippen LogP contribution in [0.4, 0.5) is 0 Å². The lowest BCUT2D eigenvalue weighted by Gasteiger charge is -1.84. The molecule has 0 radical (unpaired) electrons. The van der Waals surface area contributed by atoms with E-state index in [2.05, 4.69) is 13.2 Å². The Labute approximate surface area is 75.3 Å². The molecule has 12 heavy (non-hydrogen) atoms. The summed E-state index contributed by atoms with van der Waals surface area (Å²) >= 11 is 0. The molecule has 0 heterocycles. The topological polar surface area (TPSA) is 0 Å². The van der Waals surface area contributed by atoms with E-state index >= 15 is 0 Å². The van der Waals surface area contributed by atoms with Crippen molar-refractivity contribution in [3.63, 3.8) is 0 Å². The van der Waals surface area contributed by atoms with E-state index in [1.807, 2.05) is 49.5 Å². The highest BCUT2D eigenvalue weighted by Gasteiger charge is 1.74. The maximum atomic E-state index is 3.83. The molecule has 0 rings (SSSR count). The van der Waals surface area contributed by atoms with Crippen LogP contribution in [0.25, 0.3) is 0 Å². The van der Waals surface area contributed by atoms with Crippen molar-refractivity contribution in [1.29, 1.82) is 0 Å². The fourth-order valence-corrected chi connectivity index (χ4v) is 0.702. The molecule has 0 saturated carbocycles. The van der Waals surface area contributed by atoms with Crippen molar-refractivity contribution in [2.24, 2.45) is 0 Å². The van der Waals surface area contributed by atoms with Gasteiger partial charge in [0.1, 0.15) is 0 Å². The van der Waals surface area contributed by atoms with Gasteiger partial charge in [0, 0.05) is 0 Å². The van der Waals surface area contributed by atoms with Crippen LogP contribution in [-0.4, -0.2) is 0 Å². The minimum atomic E-state index is 0.917. The normalized spacial score (nSPS) is 11.8. The van der Waals surface area contributed by atoms with Gasteiger partial charge in [0.25, 0.3) is 0 Å². The summed E-state index contributed by atoms with van der Waals surface area (Å²) in [4.78, 5) is 0. The third kappa shape index (κ3) is 6.81. The predicted octanol–water partition coefficient (Wildman–Crippen LogP) is 3.81. The van der Waals surface area contributed by atoms with Gasteiger partial charge in [0.05, 0.1) is 0 Å². The van der Waals surface area contributed by atoms with E-state index in [1.165, 1.54) is 0 Å². The Kier molecular flexibility index (Phi) is 6.96. The molecule has 0 aromatic heterocycles. The Balaban J connectivity index is 3.75. The fourth-order valence-electron chi connectivity index (χ4n) is 0.702. The second-order valence-corrected chi connectivity index (χ2v) is 2.39. The van der Waals surface area contributed by atoms with Gasteiger partial charge in [-0.05, 0) is 18.9 Å². The molecule has 0 aromatic rings. The van der Waals surface area contributed by atoms with Gasteiger partial charge in [0.2, 0.25) is 0 Å². The van der Waals surface area contributed by atoms with Crippen LogP contribution in [0.15, 0.2) is 61.3 Å². The Morgan fingerprint density at radius 3 is 2.58 bits per heavy atom. The van der Waals surface area contributed by atoms with Crippen LogP contribution in [0.5, 0.6) is 0 Å². The highest BCUT2D eigenvalue weighted by Crippen LogP contribution is 1.95. The van der Waals surface area contributed by atoms with Crippen LogP contribution in [0, 0.1) is 0 Å². The molecule has 0 aliphatic heterocycles. The zero-order valence-corrected chi connectivity index (χ0v) is 7.66. The van der Waals surface area contributed by atoms with Crippen LogP contribution in [-0.2, 0) is 0 Å². The minimum absolute atomic E-state index is 0.917. The van der Waals surface area contributed by atoms with Crippen LogP contribution in [0.1, 0.15) is 13.3 Å². The van der Waals surface area contributed by atoms with Crippen molar-refractivity contribution in [2.75, 3.05) is 0 Å². The van der Waals surface area contributed by atoms with Crippen molar-refractivity contribution < 1.29 is 0 Å². The van der Waals surface area contributed by atoms with Crippen LogP contribution in [0.2, 0.25) is 0 Å². The summed E-state index contributed by atoms with van der Waals surface area (Å²) < 4.78 is 0. The first-order chi connectivity index (χ1) is 5.81. The van der Waals surface area contributed by atoms with Gasteiger partial charge in [0.15, 0.2) is 0 Å². The van der Waals surface area contributed by atoms with Crippen molar-refractivity contribution in [2.45, 2.75) is 13.3 Å². The molecule has 0 spiro atoms. The Bertz CT molecular complexity index is 214. The van der Waals surface area contributed by atoms with Crippen molar-refractivity contribution in [1.82, 2.24) is 0 Å². The monoisotopic (exact) mass is 160 g/mol. The highest BCUT2D eigenvalue weighted by atomic mass is 13.8. The predicted molar refractivity (Wildman–Crippen MR) is 57.0 cm³/mol. The molecule has 0 unspecified atom stereocenters. The van der Waals surface area contributed by atoms with E-state index in [-0.39, 0.29) is 0 Å². The van der Waals surface area contributed by atoms with E-state index in [4.69, 9.17) is 0 Å². The third-order valence-electron chi connectivity index (χ3n) is 1.24. The van der Waals surface area contributed by atoms with E-state index < -0.39 is 0 Å². The van der Waals surface area contributed by atoms with E-state index in [0.29, 0.717) is 0 Å². The number of hydrogen-bond donors (Lipinski definition) is 0. The zero-order valence-electron chi connectivity index (χ0n) is 7.66. The van der Waals surface area contributed by atoms with Crippen molar-refractivity contribution >= 4 is 0 Å². The van der Waals surface area contributed by atoms with Gasteiger partial charge in [-0.3, -0.25) is 0 Å². The van der Waals surface area contributed by atoms with E-state index in [9.17, 15) is 0 Å². The summed E-state index contributed by atoms with van der Waals surface area (Å²) in [5.41, 5.74) is 1.01. The zero-order chi connectivity index (χ0) is 9.23. The average molecular weight is 160 g/mol. The average Bonchev–Trinajstić information content (AvgIpc) is 2.05. The molecule has 0 N–H and O–H groups in total.